The maximum atomic E-state index is 5.79. The molecule has 0 aliphatic carbocycles. The molecule has 0 saturated heterocycles. The predicted octanol–water partition coefficient (Wildman–Crippen LogP) is 1.38. The first-order chi connectivity index (χ1) is 5.27. The van der Waals surface area contributed by atoms with E-state index in [-0.39, 0.29) is 6.04 Å². The van der Waals surface area contributed by atoms with Crippen molar-refractivity contribution in [2.75, 3.05) is 0 Å². The van der Waals surface area contributed by atoms with Crippen molar-refractivity contribution in [3.05, 3.63) is 17.7 Å². The molecule has 3 heteroatoms. The minimum atomic E-state index is 0.114. The van der Waals surface area contributed by atoms with Gasteiger partial charge in [0.1, 0.15) is 5.82 Å². The van der Waals surface area contributed by atoms with E-state index in [9.17, 15) is 0 Å². The van der Waals surface area contributed by atoms with E-state index in [1.165, 1.54) is 0 Å². The van der Waals surface area contributed by atoms with Crippen molar-refractivity contribution in [2.45, 2.75) is 32.7 Å². The molecule has 11 heavy (non-hydrogen) atoms. The molecule has 1 aromatic heterocycles. The highest BCUT2D eigenvalue weighted by Crippen LogP contribution is 2.10. The van der Waals surface area contributed by atoms with Crippen LogP contribution in [0.5, 0.6) is 0 Å². The van der Waals surface area contributed by atoms with Crippen molar-refractivity contribution in [1.29, 1.82) is 0 Å². The second kappa shape index (κ2) is 3.53. The van der Waals surface area contributed by atoms with Crippen molar-refractivity contribution < 1.29 is 0 Å². The van der Waals surface area contributed by atoms with Gasteiger partial charge in [-0.05, 0) is 6.42 Å². The molecule has 0 saturated carbocycles. The van der Waals surface area contributed by atoms with Crippen molar-refractivity contribution in [3.63, 3.8) is 0 Å². The third-order valence-corrected chi connectivity index (χ3v) is 1.82. The summed E-state index contributed by atoms with van der Waals surface area (Å²) in [7, 11) is 0. The lowest BCUT2D eigenvalue weighted by molar-refractivity contribution is 0.677. The molecule has 0 aliphatic rings. The topological polar surface area (TPSA) is 54.7 Å². The van der Waals surface area contributed by atoms with Crippen LogP contribution < -0.4 is 5.73 Å². The number of aromatic nitrogens is 2. The highest BCUT2D eigenvalue weighted by molar-refractivity contribution is 5.05. The summed E-state index contributed by atoms with van der Waals surface area (Å²) in [4.78, 5) is 7.35. The Hall–Kier alpha value is -0.830. The number of imidazole rings is 1. The van der Waals surface area contributed by atoms with Crippen molar-refractivity contribution in [2.24, 2.45) is 5.73 Å². The highest BCUT2D eigenvalue weighted by atomic mass is 14.9. The van der Waals surface area contributed by atoms with Gasteiger partial charge in [-0.2, -0.15) is 0 Å². The molecule has 0 radical (unpaired) electrons. The average molecular weight is 153 g/mol. The van der Waals surface area contributed by atoms with Crippen molar-refractivity contribution in [3.8, 4) is 0 Å². The molecular weight excluding hydrogens is 138 g/mol. The van der Waals surface area contributed by atoms with E-state index in [2.05, 4.69) is 23.8 Å². The van der Waals surface area contributed by atoms with Crippen LogP contribution in [0.15, 0.2) is 6.20 Å². The standard InChI is InChI=1S/C8H15N3/c1-3-6(9)7-5-10-8(4-2)11-7/h5-6H,3-4,9H2,1-2H3,(H,10,11). The minimum absolute atomic E-state index is 0.114. The zero-order valence-corrected chi connectivity index (χ0v) is 7.09. The number of H-pyrrole nitrogens is 1. The molecule has 1 unspecified atom stereocenters. The molecule has 0 aliphatic heterocycles. The number of nitrogens with zero attached hydrogens (tertiary/aromatic N) is 1. The van der Waals surface area contributed by atoms with E-state index in [1.807, 2.05) is 6.20 Å². The molecule has 1 rings (SSSR count). The SMILES string of the molecule is CCc1ncc(C(N)CC)[nH]1. The number of hydrogen-bond donors (Lipinski definition) is 2. The smallest absolute Gasteiger partial charge is 0.105 e. The molecule has 1 heterocycles. The van der Waals surface area contributed by atoms with Crippen LogP contribution in [-0.4, -0.2) is 9.97 Å². The minimum Gasteiger partial charge on any atom is -0.345 e. The van der Waals surface area contributed by atoms with Gasteiger partial charge in [-0.15, -0.1) is 0 Å². The lowest BCUT2D eigenvalue weighted by Gasteiger charge is -2.03. The first-order valence-electron chi connectivity index (χ1n) is 4.07. The zero-order valence-electron chi connectivity index (χ0n) is 7.09. The Morgan fingerprint density at radius 2 is 2.36 bits per heavy atom. The summed E-state index contributed by atoms with van der Waals surface area (Å²) in [6.45, 7) is 4.14. The lowest BCUT2D eigenvalue weighted by atomic mass is 10.2. The Labute approximate surface area is 67.0 Å². The number of aromatic amines is 1. The summed E-state index contributed by atoms with van der Waals surface area (Å²) in [5.41, 5.74) is 6.84. The largest absolute Gasteiger partial charge is 0.345 e. The van der Waals surface area contributed by atoms with Crippen LogP contribution in [0.4, 0.5) is 0 Å². The fourth-order valence-electron chi connectivity index (χ4n) is 0.967. The summed E-state index contributed by atoms with van der Waals surface area (Å²) >= 11 is 0. The van der Waals surface area contributed by atoms with Gasteiger partial charge in [0.25, 0.3) is 0 Å². The summed E-state index contributed by atoms with van der Waals surface area (Å²) in [6.07, 6.45) is 3.72. The Kier molecular flexibility index (Phi) is 2.65. The number of rotatable bonds is 3. The molecule has 0 amide bonds. The van der Waals surface area contributed by atoms with Crippen LogP contribution in [0.2, 0.25) is 0 Å². The molecule has 1 atom stereocenters. The Morgan fingerprint density at radius 3 is 2.82 bits per heavy atom. The van der Waals surface area contributed by atoms with Crippen molar-refractivity contribution >= 4 is 0 Å². The van der Waals surface area contributed by atoms with E-state index in [0.717, 1.165) is 24.4 Å². The molecular formula is C8H15N3. The average Bonchev–Trinajstić information content (AvgIpc) is 2.50. The summed E-state index contributed by atoms with van der Waals surface area (Å²) in [6, 6.07) is 0.114. The third kappa shape index (κ3) is 1.80. The molecule has 0 spiro atoms. The second-order valence-electron chi connectivity index (χ2n) is 2.65. The Balaban J connectivity index is 2.71. The van der Waals surface area contributed by atoms with Gasteiger partial charge in [-0.1, -0.05) is 13.8 Å². The summed E-state index contributed by atoms with van der Waals surface area (Å²) in [5.74, 6) is 1.02. The van der Waals surface area contributed by atoms with E-state index in [4.69, 9.17) is 5.73 Å². The molecule has 0 fully saturated rings. The van der Waals surface area contributed by atoms with Crippen LogP contribution in [0, 0.1) is 0 Å². The molecule has 1 aromatic rings. The van der Waals surface area contributed by atoms with E-state index < -0.39 is 0 Å². The normalized spacial score (nSPS) is 13.4. The van der Waals surface area contributed by atoms with Crippen LogP contribution >= 0.6 is 0 Å². The number of nitrogens with two attached hydrogens (primary N) is 1. The quantitative estimate of drug-likeness (QED) is 0.689. The molecule has 0 bridgehead atoms. The Morgan fingerprint density at radius 1 is 1.64 bits per heavy atom. The van der Waals surface area contributed by atoms with Gasteiger partial charge in [0.2, 0.25) is 0 Å². The van der Waals surface area contributed by atoms with Crippen molar-refractivity contribution in [1.82, 2.24) is 9.97 Å². The van der Waals surface area contributed by atoms with Gasteiger partial charge in [0, 0.05) is 18.7 Å². The lowest BCUT2D eigenvalue weighted by Crippen LogP contribution is -2.08. The van der Waals surface area contributed by atoms with Gasteiger partial charge in [-0.25, -0.2) is 4.98 Å². The first kappa shape index (κ1) is 8.27. The van der Waals surface area contributed by atoms with E-state index >= 15 is 0 Å². The maximum absolute atomic E-state index is 5.79. The summed E-state index contributed by atoms with van der Waals surface area (Å²) in [5, 5.41) is 0. The number of nitrogens with one attached hydrogen (secondary N) is 1. The van der Waals surface area contributed by atoms with Crippen LogP contribution in [0.1, 0.15) is 37.8 Å². The van der Waals surface area contributed by atoms with Crippen LogP contribution in [-0.2, 0) is 6.42 Å². The van der Waals surface area contributed by atoms with Gasteiger partial charge >= 0.3 is 0 Å². The monoisotopic (exact) mass is 153 g/mol. The fraction of sp³-hybridized carbons (Fsp3) is 0.625. The van der Waals surface area contributed by atoms with Crippen LogP contribution in [0.3, 0.4) is 0 Å². The third-order valence-electron chi connectivity index (χ3n) is 1.82. The maximum Gasteiger partial charge on any atom is 0.105 e. The molecule has 0 aromatic carbocycles. The van der Waals surface area contributed by atoms with Gasteiger partial charge in [0.15, 0.2) is 0 Å². The highest BCUT2D eigenvalue weighted by Gasteiger charge is 2.05. The molecule has 3 nitrogen and oxygen atoms in total. The zero-order chi connectivity index (χ0) is 8.27. The summed E-state index contributed by atoms with van der Waals surface area (Å²) < 4.78 is 0. The first-order valence-corrected chi connectivity index (χ1v) is 4.07. The van der Waals surface area contributed by atoms with Gasteiger partial charge < -0.3 is 10.7 Å². The fourth-order valence-corrected chi connectivity index (χ4v) is 0.967. The Bertz CT molecular complexity index is 217. The number of hydrogen-bond acceptors (Lipinski definition) is 2. The second-order valence-corrected chi connectivity index (χ2v) is 2.65. The van der Waals surface area contributed by atoms with Crippen LogP contribution in [0.25, 0.3) is 0 Å². The van der Waals surface area contributed by atoms with Gasteiger partial charge in [0.05, 0.1) is 5.69 Å². The molecule has 62 valence electrons. The molecule has 3 N–H and O–H groups in total. The van der Waals surface area contributed by atoms with E-state index in [1.54, 1.807) is 0 Å². The van der Waals surface area contributed by atoms with Gasteiger partial charge in [-0.3, -0.25) is 0 Å². The predicted molar refractivity (Wildman–Crippen MR) is 45.2 cm³/mol. The van der Waals surface area contributed by atoms with E-state index in [0.29, 0.717) is 0 Å². The number of aryl methyl sites for hydroxylation is 1.